The topological polar surface area (TPSA) is 59.0 Å². The van der Waals surface area contributed by atoms with Crippen molar-refractivity contribution in [1.29, 1.82) is 0 Å². The van der Waals surface area contributed by atoms with Gasteiger partial charge in [0.15, 0.2) is 0 Å². The number of hydrogen-bond acceptors (Lipinski definition) is 4. The van der Waals surface area contributed by atoms with E-state index in [1.165, 1.54) is 13.2 Å². The Kier molecular flexibility index (Phi) is 4.90. The van der Waals surface area contributed by atoms with E-state index in [9.17, 15) is 14.3 Å². The lowest BCUT2D eigenvalue weighted by molar-refractivity contribution is -0.0985. The Morgan fingerprint density at radius 2 is 1.88 bits per heavy atom. The van der Waals surface area contributed by atoms with Crippen molar-refractivity contribution in [1.82, 2.24) is 4.90 Å². The molecule has 0 radical (unpaired) electrons. The Hall–Kier alpha value is -1.82. The standard InChI is InChI=1S/C20H28FNO4/c1-19(2,3)26-18(23)22-13-7-5-8-14(22)12-20(24,11-13)17-15(21)9-6-10-16(17)25-4/h6,9-10,13-14,24H,5,7-8,11-12H2,1-4H3. The molecule has 3 rings (SSSR count). The van der Waals surface area contributed by atoms with Gasteiger partial charge in [-0.3, -0.25) is 0 Å². The number of benzene rings is 1. The number of carbonyl (C=O) groups is 1. The van der Waals surface area contributed by atoms with Crippen LogP contribution in [-0.4, -0.2) is 40.9 Å². The van der Waals surface area contributed by atoms with E-state index in [4.69, 9.17) is 9.47 Å². The van der Waals surface area contributed by atoms with Gasteiger partial charge in [0, 0.05) is 24.9 Å². The average molecular weight is 365 g/mol. The second-order valence-corrected chi connectivity index (χ2v) is 8.38. The summed E-state index contributed by atoms with van der Waals surface area (Å²) in [7, 11) is 1.47. The number of methoxy groups -OCH3 is 1. The zero-order valence-electron chi connectivity index (χ0n) is 15.9. The minimum atomic E-state index is -1.36. The SMILES string of the molecule is COc1cccc(F)c1C1(O)CC2CCCC(C1)N2C(=O)OC(C)(C)C. The summed E-state index contributed by atoms with van der Waals surface area (Å²) in [6.45, 7) is 5.52. The summed E-state index contributed by atoms with van der Waals surface area (Å²) in [4.78, 5) is 14.4. The van der Waals surface area contributed by atoms with Crippen molar-refractivity contribution in [2.75, 3.05) is 7.11 Å². The first kappa shape index (κ1) is 19.0. The molecule has 1 aromatic carbocycles. The molecule has 6 heteroatoms. The Bertz CT molecular complexity index is 671. The van der Waals surface area contributed by atoms with Crippen LogP contribution in [0.5, 0.6) is 5.75 Å². The minimum absolute atomic E-state index is 0.174. The molecule has 5 nitrogen and oxygen atoms in total. The van der Waals surface area contributed by atoms with Crippen LogP contribution in [0.25, 0.3) is 0 Å². The van der Waals surface area contributed by atoms with Crippen LogP contribution in [0.1, 0.15) is 58.4 Å². The second kappa shape index (κ2) is 6.72. The van der Waals surface area contributed by atoms with E-state index in [0.717, 1.165) is 19.3 Å². The summed E-state index contributed by atoms with van der Waals surface area (Å²) in [5.74, 6) is -0.132. The fourth-order valence-corrected chi connectivity index (χ4v) is 4.37. The maximum Gasteiger partial charge on any atom is 0.410 e. The van der Waals surface area contributed by atoms with Crippen molar-refractivity contribution >= 4 is 6.09 Å². The molecule has 1 amide bonds. The summed E-state index contributed by atoms with van der Waals surface area (Å²) in [6, 6.07) is 4.22. The molecule has 144 valence electrons. The molecule has 26 heavy (non-hydrogen) atoms. The molecule has 2 saturated heterocycles. The van der Waals surface area contributed by atoms with Crippen molar-refractivity contribution in [2.45, 2.75) is 76.2 Å². The molecular formula is C20H28FNO4. The van der Waals surface area contributed by atoms with Gasteiger partial charge in [-0.15, -0.1) is 0 Å². The van der Waals surface area contributed by atoms with Crippen molar-refractivity contribution in [3.05, 3.63) is 29.6 Å². The van der Waals surface area contributed by atoms with E-state index in [1.54, 1.807) is 17.0 Å². The van der Waals surface area contributed by atoms with E-state index in [0.29, 0.717) is 5.75 Å². The van der Waals surface area contributed by atoms with Gasteiger partial charge < -0.3 is 19.5 Å². The number of halogens is 1. The molecule has 2 heterocycles. The molecular weight excluding hydrogens is 337 g/mol. The first-order valence-electron chi connectivity index (χ1n) is 9.21. The number of carbonyl (C=O) groups excluding carboxylic acids is 1. The molecule has 0 aromatic heterocycles. The summed E-state index contributed by atoms with van der Waals surface area (Å²) >= 11 is 0. The third-order valence-electron chi connectivity index (χ3n) is 5.27. The van der Waals surface area contributed by atoms with Crippen LogP contribution in [0.3, 0.4) is 0 Å². The van der Waals surface area contributed by atoms with Crippen LogP contribution >= 0.6 is 0 Å². The Morgan fingerprint density at radius 1 is 1.27 bits per heavy atom. The second-order valence-electron chi connectivity index (χ2n) is 8.38. The molecule has 1 aromatic rings. The predicted molar refractivity (Wildman–Crippen MR) is 95.6 cm³/mol. The zero-order chi connectivity index (χ0) is 19.1. The summed E-state index contributed by atoms with van der Waals surface area (Å²) in [5.41, 5.74) is -1.73. The highest BCUT2D eigenvalue weighted by Gasteiger charge is 2.50. The number of piperidine rings is 2. The van der Waals surface area contributed by atoms with E-state index in [2.05, 4.69) is 0 Å². The van der Waals surface area contributed by atoms with E-state index >= 15 is 0 Å². The number of ether oxygens (including phenoxy) is 2. The maximum absolute atomic E-state index is 14.6. The minimum Gasteiger partial charge on any atom is -0.496 e. The zero-order valence-corrected chi connectivity index (χ0v) is 15.9. The van der Waals surface area contributed by atoms with Crippen LogP contribution in [0.2, 0.25) is 0 Å². The van der Waals surface area contributed by atoms with Crippen LogP contribution in [-0.2, 0) is 10.3 Å². The van der Waals surface area contributed by atoms with Gasteiger partial charge in [0.25, 0.3) is 0 Å². The largest absolute Gasteiger partial charge is 0.496 e. The van der Waals surface area contributed by atoms with Crippen molar-refractivity contribution in [3.8, 4) is 5.75 Å². The van der Waals surface area contributed by atoms with Crippen molar-refractivity contribution in [2.24, 2.45) is 0 Å². The monoisotopic (exact) mass is 365 g/mol. The van der Waals surface area contributed by atoms with E-state index in [-0.39, 0.29) is 36.6 Å². The van der Waals surface area contributed by atoms with Gasteiger partial charge in [0.05, 0.1) is 12.7 Å². The first-order valence-corrected chi connectivity index (χ1v) is 9.21. The van der Waals surface area contributed by atoms with Gasteiger partial charge >= 0.3 is 6.09 Å². The Morgan fingerprint density at radius 3 is 2.42 bits per heavy atom. The molecule has 2 unspecified atom stereocenters. The number of rotatable bonds is 2. The van der Waals surface area contributed by atoms with Crippen molar-refractivity contribution < 1.29 is 23.8 Å². The number of nitrogens with zero attached hydrogens (tertiary/aromatic N) is 1. The third kappa shape index (κ3) is 3.52. The van der Waals surface area contributed by atoms with Gasteiger partial charge in [-0.1, -0.05) is 6.07 Å². The third-order valence-corrected chi connectivity index (χ3v) is 5.27. The quantitative estimate of drug-likeness (QED) is 0.861. The molecule has 0 saturated carbocycles. The van der Waals surface area contributed by atoms with Gasteiger partial charge in [-0.2, -0.15) is 0 Å². The molecule has 2 atom stereocenters. The Labute approximate surface area is 154 Å². The van der Waals surface area contributed by atoms with Gasteiger partial charge in [-0.05, 0) is 52.2 Å². The molecule has 1 N–H and O–H groups in total. The summed E-state index contributed by atoms with van der Waals surface area (Å²) in [6.07, 6.45) is 2.73. The molecule has 2 bridgehead atoms. The van der Waals surface area contributed by atoms with E-state index < -0.39 is 17.0 Å². The first-order chi connectivity index (χ1) is 12.1. The lowest BCUT2D eigenvalue weighted by Gasteiger charge is -2.52. The molecule has 2 aliphatic heterocycles. The van der Waals surface area contributed by atoms with Crippen molar-refractivity contribution in [3.63, 3.8) is 0 Å². The fraction of sp³-hybridized carbons (Fsp3) is 0.650. The van der Waals surface area contributed by atoms with Crippen LogP contribution in [0.15, 0.2) is 18.2 Å². The molecule has 2 fully saturated rings. The maximum atomic E-state index is 14.6. The summed E-state index contributed by atoms with van der Waals surface area (Å²) < 4.78 is 25.4. The Balaban J connectivity index is 1.91. The fourth-order valence-electron chi connectivity index (χ4n) is 4.37. The lowest BCUT2D eigenvalue weighted by Crippen LogP contribution is -2.59. The highest BCUT2D eigenvalue weighted by molar-refractivity contribution is 5.69. The average Bonchev–Trinajstić information content (AvgIpc) is 2.51. The van der Waals surface area contributed by atoms with Gasteiger partial charge in [-0.25, -0.2) is 9.18 Å². The highest BCUT2D eigenvalue weighted by Crippen LogP contribution is 2.47. The highest BCUT2D eigenvalue weighted by atomic mass is 19.1. The smallest absolute Gasteiger partial charge is 0.410 e. The summed E-state index contributed by atoms with van der Waals surface area (Å²) in [5, 5.41) is 11.4. The number of hydrogen-bond donors (Lipinski definition) is 1. The number of fused-ring (bicyclic) bond motifs is 2. The molecule has 0 spiro atoms. The predicted octanol–water partition coefficient (Wildman–Crippen LogP) is 3.97. The molecule has 2 aliphatic rings. The number of aliphatic hydroxyl groups is 1. The normalized spacial score (nSPS) is 28.6. The molecule has 0 aliphatic carbocycles. The lowest BCUT2D eigenvalue weighted by atomic mass is 9.72. The van der Waals surface area contributed by atoms with E-state index in [1.807, 2.05) is 20.8 Å². The van der Waals surface area contributed by atoms with Crippen LogP contribution in [0, 0.1) is 5.82 Å². The van der Waals surface area contributed by atoms with Crippen LogP contribution in [0.4, 0.5) is 9.18 Å². The number of amides is 1. The van der Waals surface area contributed by atoms with Gasteiger partial charge in [0.1, 0.15) is 22.8 Å². The van der Waals surface area contributed by atoms with Crippen LogP contribution < -0.4 is 4.74 Å². The van der Waals surface area contributed by atoms with Gasteiger partial charge in [0.2, 0.25) is 0 Å².